The second-order valence-electron chi connectivity index (χ2n) is 4.66. The first-order valence-electron chi connectivity index (χ1n) is 6.76. The third kappa shape index (κ3) is 2.39. The van der Waals surface area contributed by atoms with Gasteiger partial charge in [-0.1, -0.05) is 38.1 Å². The van der Waals surface area contributed by atoms with E-state index in [1.165, 1.54) is 12.1 Å². The lowest BCUT2D eigenvalue weighted by Crippen LogP contribution is -2.09. The number of ketones is 1. The van der Waals surface area contributed by atoms with Gasteiger partial charge in [0.05, 0.1) is 11.1 Å². The van der Waals surface area contributed by atoms with Gasteiger partial charge in [0.1, 0.15) is 11.5 Å². The molecule has 0 aliphatic rings. The molecule has 0 atom stereocenters. The molecular weight excluding hydrogens is 252 g/mol. The first-order chi connectivity index (χ1) is 9.60. The summed E-state index contributed by atoms with van der Waals surface area (Å²) in [5.74, 6) is -0.408. The van der Waals surface area contributed by atoms with Crippen molar-refractivity contribution in [1.29, 1.82) is 0 Å². The number of benzene rings is 2. The highest BCUT2D eigenvalue weighted by molar-refractivity contribution is 6.14. The average molecular weight is 270 g/mol. The molecule has 104 valence electrons. The topological polar surface area (TPSA) is 57.5 Å². The number of aromatic hydroxyl groups is 2. The summed E-state index contributed by atoms with van der Waals surface area (Å²) in [6.45, 7) is 3.86. The fourth-order valence-corrected chi connectivity index (χ4v) is 2.41. The molecule has 0 unspecified atom stereocenters. The molecule has 0 fully saturated rings. The van der Waals surface area contributed by atoms with Gasteiger partial charge >= 0.3 is 0 Å². The third-order valence-corrected chi connectivity index (χ3v) is 3.47. The molecule has 2 rings (SSSR count). The summed E-state index contributed by atoms with van der Waals surface area (Å²) in [6, 6.07) is 10.1. The van der Waals surface area contributed by atoms with Crippen molar-refractivity contribution in [2.24, 2.45) is 0 Å². The summed E-state index contributed by atoms with van der Waals surface area (Å²) in [6.07, 6.45) is 1.29. The Morgan fingerprint density at radius 1 is 0.850 bits per heavy atom. The molecule has 3 nitrogen and oxygen atoms in total. The number of hydrogen-bond donors (Lipinski definition) is 2. The summed E-state index contributed by atoms with van der Waals surface area (Å²) < 4.78 is 0. The van der Waals surface area contributed by atoms with Crippen LogP contribution >= 0.6 is 0 Å². The molecule has 0 aliphatic carbocycles. The van der Waals surface area contributed by atoms with E-state index in [9.17, 15) is 15.0 Å². The Labute approximate surface area is 118 Å². The molecule has 0 radical (unpaired) electrons. The Morgan fingerprint density at radius 2 is 1.25 bits per heavy atom. The molecule has 0 aromatic heterocycles. The van der Waals surface area contributed by atoms with Crippen LogP contribution in [0.3, 0.4) is 0 Å². The maximum atomic E-state index is 12.7. The van der Waals surface area contributed by atoms with E-state index in [0.29, 0.717) is 12.8 Å². The zero-order chi connectivity index (χ0) is 14.7. The SMILES string of the molecule is CCc1cccc(O)c1C(=O)c1c(O)cccc1CC. The Bertz CT molecular complexity index is 589. The van der Waals surface area contributed by atoms with E-state index < -0.39 is 0 Å². The Kier molecular flexibility index (Phi) is 4.08. The van der Waals surface area contributed by atoms with Crippen molar-refractivity contribution >= 4 is 5.78 Å². The molecule has 0 saturated heterocycles. The van der Waals surface area contributed by atoms with Crippen molar-refractivity contribution in [3.63, 3.8) is 0 Å². The molecule has 2 aromatic rings. The fraction of sp³-hybridized carbons (Fsp3) is 0.235. The van der Waals surface area contributed by atoms with Crippen molar-refractivity contribution < 1.29 is 15.0 Å². The first-order valence-corrected chi connectivity index (χ1v) is 6.76. The Morgan fingerprint density at radius 3 is 1.60 bits per heavy atom. The van der Waals surface area contributed by atoms with Crippen LogP contribution in [0.15, 0.2) is 36.4 Å². The summed E-state index contributed by atoms with van der Waals surface area (Å²) >= 11 is 0. The van der Waals surface area contributed by atoms with Gasteiger partial charge in [-0.25, -0.2) is 0 Å². The lowest BCUT2D eigenvalue weighted by molar-refractivity contribution is 0.103. The van der Waals surface area contributed by atoms with Crippen molar-refractivity contribution in [2.45, 2.75) is 26.7 Å². The lowest BCUT2D eigenvalue weighted by Gasteiger charge is -2.13. The molecule has 0 aliphatic heterocycles. The van der Waals surface area contributed by atoms with Crippen LogP contribution in [0, 0.1) is 0 Å². The summed E-state index contributed by atoms with van der Waals surface area (Å²) in [5, 5.41) is 20.0. The summed E-state index contributed by atoms with van der Waals surface area (Å²) in [4.78, 5) is 12.7. The number of hydrogen-bond acceptors (Lipinski definition) is 3. The molecule has 0 saturated carbocycles. The van der Waals surface area contributed by atoms with E-state index in [1.54, 1.807) is 12.1 Å². The van der Waals surface area contributed by atoms with Gasteiger partial charge < -0.3 is 10.2 Å². The Hall–Kier alpha value is -2.29. The number of rotatable bonds is 4. The second kappa shape index (κ2) is 5.78. The van der Waals surface area contributed by atoms with Crippen LogP contribution in [0.4, 0.5) is 0 Å². The highest BCUT2D eigenvalue weighted by atomic mass is 16.3. The lowest BCUT2D eigenvalue weighted by atomic mass is 9.92. The van der Waals surface area contributed by atoms with Gasteiger partial charge in [-0.2, -0.15) is 0 Å². The van der Waals surface area contributed by atoms with E-state index in [4.69, 9.17) is 0 Å². The van der Waals surface area contributed by atoms with Gasteiger partial charge in [-0.3, -0.25) is 4.79 Å². The van der Waals surface area contributed by atoms with Crippen molar-refractivity contribution in [2.75, 3.05) is 0 Å². The molecular formula is C17H18O3. The minimum atomic E-state index is -0.324. The van der Waals surface area contributed by atoms with Crippen LogP contribution in [0.1, 0.15) is 40.9 Å². The predicted molar refractivity (Wildman–Crippen MR) is 78.4 cm³/mol. The largest absolute Gasteiger partial charge is 0.507 e. The van der Waals surface area contributed by atoms with Gasteiger partial charge in [-0.05, 0) is 36.1 Å². The number of carbonyl (C=O) groups excluding carboxylic acids is 1. The van der Waals surface area contributed by atoms with Gasteiger partial charge in [0.2, 0.25) is 5.78 Å². The molecule has 0 amide bonds. The standard InChI is InChI=1S/C17H18O3/c1-3-11-7-5-9-13(18)15(11)17(20)16-12(4-2)8-6-10-14(16)19/h5-10,18-19H,3-4H2,1-2H3. The number of carbonyl (C=O) groups is 1. The highest BCUT2D eigenvalue weighted by Crippen LogP contribution is 2.30. The van der Waals surface area contributed by atoms with Crippen LogP contribution in [0.2, 0.25) is 0 Å². The predicted octanol–water partition coefficient (Wildman–Crippen LogP) is 3.45. The van der Waals surface area contributed by atoms with Crippen molar-refractivity contribution in [3.8, 4) is 11.5 Å². The summed E-state index contributed by atoms with van der Waals surface area (Å²) in [5.41, 5.74) is 2.12. The molecule has 0 heterocycles. The van der Waals surface area contributed by atoms with Crippen LogP contribution < -0.4 is 0 Å². The third-order valence-electron chi connectivity index (χ3n) is 3.47. The van der Waals surface area contributed by atoms with Gasteiger partial charge in [0, 0.05) is 0 Å². The number of phenols is 2. The minimum absolute atomic E-state index is 0.0420. The highest BCUT2D eigenvalue weighted by Gasteiger charge is 2.22. The van der Waals surface area contributed by atoms with E-state index >= 15 is 0 Å². The number of phenolic OH excluding ortho intramolecular Hbond substituents is 2. The second-order valence-corrected chi connectivity index (χ2v) is 4.66. The monoisotopic (exact) mass is 270 g/mol. The van der Waals surface area contributed by atoms with E-state index in [-0.39, 0.29) is 28.4 Å². The van der Waals surface area contributed by atoms with Crippen LogP contribution in [0.5, 0.6) is 11.5 Å². The molecule has 20 heavy (non-hydrogen) atoms. The average Bonchev–Trinajstić information content (AvgIpc) is 2.45. The molecule has 0 bridgehead atoms. The van der Waals surface area contributed by atoms with Crippen LogP contribution in [0.25, 0.3) is 0 Å². The number of aryl methyl sites for hydroxylation is 2. The molecule has 0 spiro atoms. The van der Waals surface area contributed by atoms with Crippen molar-refractivity contribution in [3.05, 3.63) is 58.7 Å². The van der Waals surface area contributed by atoms with Crippen LogP contribution in [-0.4, -0.2) is 16.0 Å². The first kappa shape index (κ1) is 14.1. The van der Waals surface area contributed by atoms with Gasteiger partial charge in [0.25, 0.3) is 0 Å². The van der Waals surface area contributed by atoms with E-state index in [2.05, 4.69) is 0 Å². The molecule has 3 heteroatoms. The maximum absolute atomic E-state index is 12.7. The molecule has 2 N–H and O–H groups in total. The fourth-order valence-electron chi connectivity index (χ4n) is 2.41. The molecule has 2 aromatic carbocycles. The van der Waals surface area contributed by atoms with Gasteiger partial charge in [-0.15, -0.1) is 0 Å². The van der Waals surface area contributed by atoms with E-state index in [1.807, 2.05) is 26.0 Å². The van der Waals surface area contributed by atoms with Crippen LogP contribution in [-0.2, 0) is 12.8 Å². The minimum Gasteiger partial charge on any atom is -0.507 e. The normalized spacial score (nSPS) is 10.5. The van der Waals surface area contributed by atoms with E-state index in [0.717, 1.165) is 11.1 Å². The van der Waals surface area contributed by atoms with Gasteiger partial charge in [0.15, 0.2) is 0 Å². The Balaban J connectivity index is 2.64. The zero-order valence-electron chi connectivity index (χ0n) is 11.7. The quantitative estimate of drug-likeness (QED) is 0.836. The summed E-state index contributed by atoms with van der Waals surface area (Å²) in [7, 11) is 0. The maximum Gasteiger partial charge on any atom is 0.201 e. The smallest absolute Gasteiger partial charge is 0.201 e. The zero-order valence-corrected chi connectivity index (χ0v) is 11.7. The van der Waals surface area contributed by atoms with Crippen molar-refractivity contribution in [1.82, 2.24) is 0 Å².